The topological polar surface area (TPSA) is 87.7 Å². The van der Waals surface area contributed by atoms with Crippen molar-refractivity contribution < 1.29 is 17.9 Å². The lowest BCUT2D eigenvalue weighted by atomic mass is 9.97. The number of sulfonamides is 1. The summed E-state index contributed by atoms with van der Waals surface area (Å²) in [5.41, 5.74) is 2.90. The molecule has 2 N–H and O–H groups in total. The van der Waals surface area contributed by atoms with Crippen LogP contribution in [0.3, 0.4) is 0 Å². The van der Waals surface area contributed by atoms with Gasteiger partial charge in [0.2, 0.25) is 15.9 Å². The van der Waals surface area contributed by atoms with Crippen molar-refractivity contribution in [2.75, 3.05) is 19.7 Å². The average Bonchev–Trinajstić information content (AvgIpc) is 3.50. The van der Waals surface area contributed by atoms with Crippen LogP contribution in [0.1, 0.15) is 54.5 Å². The largest absolute Gasteiger partial charge is 0.493 e. The third-order valence-corrected chi connectivity index (χ3v) is 9.45. The number of amides is 1. The molecule has 2 heterocycles. The van der Waals surface area contributed by atoms with Crippen molar-refractivity contribution in [3.8, 4) is 5.75 Å². The second-order valence-corrected chi connectivity index (χ2v) is 12.6. The van der Waals surface area contributed by atoms with Crippen molar-refractivity contribution in [1.29, 1.82) is 0 Å². The Bertz CT molecular complexity index is 1640. The van der Waals surface area contributed by atoms with Gasteiger partial charge in [-0.3, -0.25) is 9.69 Å². The van der Waals surface area contributed by atoms with Gasteiger partial charge in [-0.25, -0.2) is 13.1 Å². The molecule has 1 saturated heterocycles. The van der Waals surface area contributed by atoms with Crippen LogP contribution >= 0.6 is 0 Å². The molecule has 2 aliphatic rings. The SMILES string of the molecule is O=C(C[C@@H](NS(=O)(=O)c1ccc2ccccc2c1)c1ccccc1)NC1CCOc2cc(CN3CCCC3)ccc21. The molecule has 8 heteroatoms. The van der Waals surface area contributed by atoms with Gasteiger partial charge in [0.1, 0.15) is 5.75 Å². The summed E-state index contributed by atoms with van der Waals surface area (Å²) in [6.07, 6.45) is 3.12. The fourth-order valence-corrected chi connectivity index (χ4v) is 7.08. The van der Waals surface area contributed by atoms with Gasteiger partial charge >= 0.3 is 0 Å². The van der Waals surface area contributed by atoms with Crippen LogP contribution in [-0.4, -0.2) is 38.9 Å². The van der Waals surface area contributed by atoms with Crippen molar-refractivity contribution in [2.24, 2.45) is 0 Å². The van der Waals surface area contributed by atoms with Gasteiger partial charge < -0.3 is 10.1 Å². The monoisotopic (exact) mass is 569 g/mol. The van der Waals surface area contributed by atoms with Gasteiger partial charge in [-0.15, -0.1) is 0 Å². The second-order valence-electron chi connectivity index (χ2n) is 10.9. The van der Waals surface area contributed by atoms with E-state index in [1.807, 2.05) is 54.6 Å². The molecule has 1 amide bonds. The Kier molecular flexibility index (Phi) is 8.05. The number of carbonyl (C=O) groups is 1. The Morgan fingerprint density at radius 3 is 2.46 bits per heavy atom. The Morgan fingerprint density at radius 2 is 1.66 bits per heavy atom. The first-order valence-electron chi connectivity index (χ1n) is 14.3. The van der Waals surface area contributed by atoms with Crippen LogP contribution in [0.2, 0.25) is 0 Å². The maximum atomic E-state index is 13.5. The van der Waals surface area contributed by atoms with Crippen LogP contribution in [0.4, 0.5) is 0 Å². The number of hydrogen-bond donors (Lipinski definition) is 2. The van der Waals surface area contributed by atoms with Gasteiger partial charge in [-0.05, 0) is 66.0 Å². The van der Waals surface area contributed by atoms with E-state index in [9.17, 15) is 13.2 Å². The zero-order chi connectivity index (χ0) is 28.2. The number of ether oxygens (including phenoxy) is 1. The standard InChI is InChI=1S/C33H35N3O4S/c37-33(34-30-16-19-40-32-20-24(12-15-29(30)32)23-36-17-6-7-18-36)22-31(26-9-2-1-3-10-26)35-41(38,39)28-14-13-25-8-4-5-11-27(25)21-28/h1-5,8-15,20-21,30-31,35H,6-7,16-19,22-23H2,(H,34,37)/t30?,31-/m1/s1. The van der Waals surface area contributed by atoms with E-state index in [1.165, 1.54) is 18.4 Å². The number of nitrogens with one attached hydrogen (secondary N) is 2. The van der Waals surface area contributed by atoms with Gasteiger partial charge in [0.05, 0.1) is 23.6 Å². The minimum Gasteiger partial charge on any atom is -0.493 e. The lowest BCUT2D eigenvalue weighted by Gasteiger charge is -2.28. The van der Waals surface area contributed by atoms with E-state index in [1.54, 1.807) is 18.2 Å². The highest BCUT2D eigenvalue weighted by molar-refractivity contribution is 7.89. The van der Waals surface area contributed by atoms with Gasteiger partial charge in [0, 0.05) is 24.9 Å². The van der Waals surface area contributed by atoms with Crippen LogP contribution in [0, 0.1) is 0 Å². The minimum atomic E-state index is -3.90. The van der Waals surface area contributed by atoms with E-state index in [4.69, 9.17) is 4.74 Å². The Labute approximate surface area is 241 Å². The molecule has 0 spiro atoms. The third kappa shape index (κ3) is 6.45. The average molecular weight is 570 g/mol. The first-order chi connectivity index (χ1) is 19.9. The van der Waals surface area contributed by atoms with E-state index in [2.05, 4.69) is 33.1 Å². The van der Waals surface area contributed by atoms with E-state index in [0.717, 1.165) is 47.3 Å². The summed E-state index contributed by atoms with van der Waals surface area (Å²) >= 11 is 0. The number of nitrogens with zero attached hydrogens (tertiary/aromatic N) is 1. The summed E-state index contributed by atoms with van der Waals surface area (Å²) in [6, 6.07) is 27.3. The zero-order valence-corrected chi connectivity index (χ0v) is 23.8. The maximum absolute atomic E-state index is 13.5. The molecule has 7 nitrogen and oxygen atoms in total. The summed E-state index contributed by atoms with van der Waals surface area (Å²) in [6.45, 7) is 3.68. The molecule has 0 radical (unpaired) electrons. The first-order valence-corrected chi connectivity index (χ1v) is 15.8. The molecule has 1 fully saturated rings. The quantitative estimate of drug-likeness (QED) is 0.279. The predicted molar refractivity (Wildman–Crippen MR) is 160 cm³/mol. The molecular formula is C33H35N3O4S. The Hall–Kier alpha value is -3.72. The number of fused-ring (bicyclic) bond motifs is 2. The van der Waals surface area contributed by atoms with Crippen LogP contribution in [-0.2, 0) is 21.4 Å². The highest BCUT2D eigenvalue weighted by Gasteiger charge is 2.28. The van der Waals surface area contributed by atoms with Gasteiger partial charge in [-0.2, -0.15) is 0 Å². The maximum Gasteiger partial charge on any atom is 0.241 e. The zero-order valence-electron chi connectivity index (χ0n) is 23.0. The third-order valence-electron chi connectivity index (χ3n) is 7.98. The molecule has 212 valence electrons. The molecule has 6 rings (SSSR count). The van der Waals surface area contributed by atoms with Gasteiger partial charge in [0.15, 0.2) is 0 Å². The minimum absolute atomic E-state index is 0.0312. The van der Waals surface area contributed by atoms with E-state index in [-0.39, 0.29) is 23.3 Å². The summed E-state index contributed by atoms with van der Waals surface area (Å²) < 4.78 is 35.8. The first kappa shape index (κ1) is 27.4. The normalized spacial score (nSPS) is 18.0. The number of rotatable bonds is 9. The van der Waals surface area contributed by atoms with Crippen LogP contribution in [0.15, 0.2) is 95.9 Å². The van der Waals surface area contributed by atoms with Crippen molar-refractivity contribution in [1.82, 2.24) is 14.9 Å². The van der Waals surface area contributed by atoms with Gasteiger partial charge in [-0.1, -0.05) is 72.8 Å². The van der Waals surface area contributed by atoms with E-state index >= 15 is 0 Å². The van der Waals surface area contributed by atoms with Crippen molar-refractivity contribution in [3.63, 3.8) is 0 Å². The van der Waals surface area contributed by atoms with Crippen LogP contribution < -0.4 is 14.8 Å². The molecular weight excluding hydrogens is 534 g/mol. The fourth-order valence-electron chi connectivity index (χ4n) is 5.82. The van der Waals surface area contributed by atoms with Crippen molar-refractivity contribution in [3.05, 3.63) is 108 Å². The molecule has 41 heavy (non-hydrogen) atoms. The van der Waals surface area contributed by atoms with Crippen LogP contribution in [0.5, 0.6) is 5.75 Å². The highest BCUT2D eigenvalue weighted by atomic mass is 32.2. The Balaban J connectivity index is 1.18. The molecule has 4 aromatic carbocycles. The van der Waals surface area contributed by atoms with Crippen LogP contribution in [0.25, 0.3) is 10.8 Å². The fraction of sp³-hybridized carbons (Fsp3) is 0.303. The summed E-state index contributed by atoms with van der Waals surface area (Å²) in [5.74, 6) is 0.592. The molecule has 0 aromatic heterocycles. The molecule has 1 unspecified atom stereocenters. The molecule has 2 atom stereocenters. The number of benzene rings is 4. The van der Waals surface area contributed by atoms with Crippen molar-refractivity contribution in [2.45, 2.75) is 49.2 Å². The van der Waals surface area contributed by atoms with E-state index < -0.39 is 16.1 Å². The molecule has 0 bridgehead atoms. The summed E-state index contributed by atoms with van der Waals surface area (Å²) in [5, 5.41) is 4.96. The Morgan fingerprint density at radius 1 is 0.902 bits per heavy atom. The van der Waals surface area contributed by atoms with Crippen molar-refractivity contribution >= 4 is 26.7 Å². The smallest absolute Gasteiger partial charge is 0.241 e. The van der Waals surface area contributed by atoms with Gasteiger partial charge in [0.25, 0.3) is 0 Å². The molecule has 0 aliphatic carbocycles. The molecule has 4 aromatic rings. The second kappa shape index (κ2) is 12.0. The summed E-state index contributed by atoms with van der Waals surface area (Å²) in [7, 11) is -3.90. The highest BCUT2D eigenvalue weighted by Crippen LogP contribution is 2.34. The number of hydrogen-bond acceptors (Lipinski definition) is 5. The molecule has 2 aliphatic heterocycles. The predicted octanol–water partition coefficient (Wildman–Crippen LogP) is 5.49. The number of likely N-dealkylation sites (tertiary alicyclic amines) is 1. The lowest BCUT2D eigenvalue weighted by molar-refractivity contribution is -0.122. The number of carbonyl (C=O) groups excluding carboxylic acids is 1. The lowest BCUT2D eigenvalue weighted by Crippen LogP contribution is -2.36. The molecule has 0 saturated carbocycles. The van der Waals surface area contributed by atoms with E-state index in [0.29, 0.717) is 13.0 Å². The summed E-state index contributed by atoms with van der Waals surface area (Å²) in [4.78, 5) is 16.0.